The summed E-state index contributed by atoms with van der Waals surface area (Å²) in [4.78, 5) is 28.4. The van der Waals surface area contributed by atoms with Crippen molar-refractivity contribution in [1.82, 2.24) is 9.38 Å². The van der Waals surface area contributed by atoms with Crippen LogP contribution in [-0.4, -0.2) is 27.0 Å². The smallest absolute Gasteiger partial charge is 0.345 e. The summed E-state index contributed by atoms with van der Waals surface area (Å²) in [6.07, 6.45) is 7.53. The molecule has 24 heavy (non-hydrogen) atoms. The molecule has 2 heterocycles. The zero-order valence-corrected chi connectivity index (χ0v) is 13.2. The van der Waals surface area contributed by atoms with E-state index in [1.807, 2.05) is 13.0 Å². The quantitative estimate of drug-likeness (QED) is 0.898. The van der Waals surface area contributed by atoms with Crippen LogP contribution in [0.2, 0.25) is 0 Å². The van der Waals surface area contributed by atoms with E-state index in [1.54, 1.807) is 12.3 Å². The molecule has 0 aliphatic heterocycles. The number of hydrogen-bond donors (Lipinski definition) is 2. The average molecular weight is 331 g/mol. The standard InChI is InChI=1S/C17H21N3O3.CH4/c1-11-6-5-9-20-15(11)19-14(13(16(20)21)17(22)23)18-10-12-7-3-2-4-8-12;/h5-6,9,12,18H,2-4,7-8,10H2,1H3,(H,22,23);1H4. The Balaban J connectivity index is 0.00000208. The van der Waals surface area contributed by atoms with Gasteiger partial charge in [0.2, 0.25) is 0 Å². The van der Waals surface area contributed by atoms with Gasteiger partial charge >= 0.3 is 5.97 Å². The lowest BCUT2D eigenvalue weighted by atomic mass is 9.89. The molecule has 0 atom stereocenters. The predicted molar refractivity (Wildman–Crippen MR) is 95.0 cm³/mol. The number of carboxylic acid groups (broad SMARTS) is 1. The van der Waals surface area contributed by atoms with Crippen molar-refractivity contribution >= 4 is 17.4 Å². The van der Waals surface area contributed by atoms with Gasteiger partial charge in [0.05, 0.1) is 0 Å². The number of aryl methyl sites for hydroxylation is 1. The second-order valence-corrected chi connectivity index (χ2v) is 6.22. The molecule has 3 rings (SSSR count). The van der Waals surface area contributed by atoms with E-state index in [9.17, 15) is 14.7 Å². The van der Waals surface area contributed by atoms with Gasteiger partial charge in [-0.1, -0.05) is 32.8 Å². The van der Waals surface area contributed by atoms with E-state index >= 15 is 0 Å². The summed E-state index contributed by atoms with van der Waals surface area (Å²) in [6.45, 7) is 2.52. The molecule has 0 aromatic carbocycles. The van der Waals surface area contributed by atoms with Crippen molar-refractivity contribution in [1.29, 1.82) is 0 Å². The van der Waals surface area contributed by atoms with Gasteiger partial charge in [-0.3, -0.25) is 9.20 Å². The molecule has 1 aliphatic carbocycles. The summed E-state index contributed by atoms with van der Waals surface area (Å²) in [7, 11) is 0. The summed E-state index contributed by atoms with van der Waals surface area (Å²) in [6, 6.07) is 3.57. The van der Waals surface area contributed by atoms with Crippen molar-refractivity contribution in [3.8, 4) is 0 Å². The summed E-state index contributed by atoms with van der Waals surface area (Å²) < 4.78 is 1.30. The van der Waals surface area contributed by atoms with Crippen molar-refractivity contribution in [2.75, 3.05) is 11.9 Å². The molecule has 2 aromatic rings. The molecule has 0 radical (unpaired) electrons. The fourth-order valence-corrected chi connectivity index (χ4v) is 3.25. The van der Waals surface area contributed by atoms with Gasteiger partial charge in [0.25, 0.3) is 5.56 Å². The van der Waals surface area contributed by atoms with Crippen molar-refractivity contribution < 1.29 is 9.90 Å². The summed E-state index contributed by atoms with van der Waals surface area (Å²) in [5.41, 5.74) is 0.497. The lowest BCUT2D eigenvalue weighted by Crippen LogP contribution is -2.27. The zero-order valence-electron chi connectivity index (χ0n) is 13.2. The predicted octanol–water partition coefficient (Wildman–Crippen LogP) is 3.33. The molecule has 0 unspecified atom stereocenters. The van der Waals surface area contributed by atoms with E-state index in [0.29, 0.717) is 18.1 Å². The molecular formula is C18H25N3O3. The van der Waals surface area contributed by atoms with Crippen LogP contribution in [0.4, 0.5) is 5.82 Å². The van der Waals surface area contributed by atoms with E-state index in [1.165, 1.54) is 23.7 Å². The number of nitrogens with zero attached hydrogens (tertiary/aromatic N) is 2. The minimum Gasteiger partial charge on any atom is -0.477 e. The van der Waals surface area contributed by atoms with E-state index in [2.05, 4.69) is 10.3 Å². The number of anilines is 1. The van der Waals surface area contributed by atoms with Crippen LogP contribution in [0, 0.1) is 12.8 Å². The highest BCUT2D eigenvalue weighted by atomic mass is 16.4. The Bertz CT molecular complexity index is 792. The van der Waals surface area contributed by atoms with Crippen LogP contribution in [0.15, 0.2) is 23.1 Å². The van der Waals surface area contributed by atoms with Gasteiger partial charge in [-0.2, -0.15) is 0 Å². The summed E-state index contributed by atoms with van der Waals surface area (Å²) in [5.74, 6) is -0.547. The third-order valence-corrected chi connectivity index (χ3v) is 4.55. The van der Waals surface area contributed by atoms with E-state index in [-0.39, 0.29) is 18.8 Å². The number of nitrogens with one attached hydrogen (secondary N) is 1. The third-order valence-electron chi connectivity index (χ3n) is 4.55. The molecule has 2 N–H and O–H groups in total. The topological polar surface area (TPSA) is 83.7 Å². The van der Waals surface area contributed by atoms with Crippen LogP contribution in [0.3, 0.4) is 0 Å². The lowest BCUT2D eigenvalue weighted by Gasteiger charge is -2.22. The summed E-state index contributed by atoms with van der Waals surface area (Å²) in [5, 5.41) is 12.5. The lowest BCUT2D eigenvalue weighted by molar-refractivity contribution is 0.0695. The van der Waals surface area contributed by atoms with Crippen molar-refractivity contribution in [2.45, 2.75) is 46.5 Å². The van der Waals surface area contributed by atoms with Gasteiger partial charge in [-0.05, 0) is 37.3 Å². The zero-order chi connectivity index (χ0) is 16.4. The van der Waals surface area contributed by atoms with Gasteiger partial charge in [-0.15, -0.1) is 0 Å². The van der Waals surface area contributed by atoms with Crippen LogP contribution < -0.4 is 10.9 Å². The maximum absolute atomic E-state index is 12.5. The first-order valence-corrected chi connectivity index (χ1v) is 8.07. The Morgan fingerprint density at radius 3 is 2.75 bits per heavy atom. The number of pyridine rings is 1. The average Bonchev–Trinajstić information content (AvgIpc) is 2.54. The number of carboxylic acids is 1. The molecule has 0 saturated heterocycles. The van der Waals surface area contributed by atoms with Gasteiger partial charge in [0.15, 0.2) is 5.56 Å². The number of rotatable bonds is 4. The van der Waals surface area contributed by atoms with Gasteiger partial charge in [0.1, 0.15) is 11.5 Å². The van der Waals surface area contributed by atoms with Crippen LogP contribution >= 0.6 is 0 Å². The Morgan fingerprint density at radius 2 is 2.08 bits per heavy atom. The summed E-state index contributed by atoms with van der Waals surface area (Å²) >= 11 is 0. The molecule has 0 bridgehead atoms. The maximum atomic E-state index is 12.5. The minimum atomic E-state index is -1.25. The Kier molecular flexibility index (Phi) is 5.59. The Morgan fingerprint density at radius 1 is 1.38 bits per heavy atom. The maximum Gasteiger partial charge on any atom is 0.345 e. The van der Waals surface area contributed by atoms with Crippen LogP contribution in [-0.2, 0) is 0 Å². The van der Waals surface area contributed by atoms with E-state index < -0.39 is 11.5 Å². The normalized spacial score (nSPS) is 15.0. The second-order valence-electron chi connectivity index (χ2n) is 6.22. The van der Waals surface area contributed by atoms with Crippen molar-refractivity contribution in [2.24, 2.45) is 5.92 Å². The highest BCUT2D eigenvalue weighted by molar-refractivity contribution is 5.93. The molecule has 1 aliphatic rings. The number of aromatic nitrogens is 2. The first-order valence-electron chi connectivity index (χ1n) is 8.07. The number of carbonyl (C=O) groups is 1. The number of hydrogen-bond acceptors (Lipinski definition) is 4. The fraction of sp³-hybridized carbons (Fsp3) is 0.500. The molecule has 130 valence electrons. The molecular weight excluding hydrogens is 306 g/mol. The van der Waals surface area contributed by atoms with E-state index in [0.717, 1.165) is 18.4 Å². The number of fused-ring (bicyclic) bond motifs is 1. The molecule has 6 heteroatoms. The van der Waals surface area contributed by atoms with E-state index in [4.69, 9.17) is 0 Å². The largest absolute Gasteiger partial charge is 0.477 e. The van der Waals surface area contributed by atoms with Gasteiger partial charge in [-0.25, -0.2) is 9.78 Å². The van der Waals surface area contributed by atoms with Crippen LogP contribution in [0.25, 0.3) is 5.65 Å². The third kappa shape index (κ3) is 3.42. The molecule has 2 aromatic heterocycles. The number of aromatic carboxylic acids is 1. The van der Waals surface area contributed by atoms with Crippen LogP contribution in [0.5, 0.6) is 0 Å². The monoisotopic (exact) mass is 331 g/mol. The fourth-order valence-electron chi connectivity index (χ4n) is 3.25. The minimum absolute atomic E-state index is 0. The molecule has 0 amide bonds. The molecule has 6 nitrogen and oxygen atoms in total. The Labute approximate surface area is 141 Å². The molecule has 0 spiro atoms. The SMILES string of the molecule is C.Cc1cccn2c(=O)c(C(=O)O)c(NCC3CCCCC3)nc12. The molecule has 1 fully saturated rings. The van der Waals surface area contributed by atoms with Gasteiger partial charge in [0, 0.05) is 12.7 Å². The highest BCUT2D eigenvalue weighted by Gasteiger charge is 2.21. The Hall–Kier alpha value is -2.37. The van der Waals surface area contributed by atoms with Crippen LogP contribution in [0.1, 0.15) is 55.5 Å². The molecule has 1 saturated carbocycles. The first kappa shape index (κ1) is 18.0. The van der Waals surface area contributed by atoms with Gasteiger partial charge < -0.3 is 10.4 Å². The second kappa shape index (κ2) is 7.47. The van der Waals surface area contributed by atoms with Crippen molar-refractivity contribution in [3.63, 3.8) is 0 Å². The highest BCUT2D eigenvalue weighted by Crippen LogP contribution is 2.24. The first-order chi connectivity index (χ1) is 11.1. The van der Waals surface area contributed by atoms with Crippen molar-refractivity contribution in [3.05, 3.63) is 39.8 Å².